The minimum atomic E-state index is -0.837. The zero-order valence-electron chi connectivity index (χ0n) is 11.4. The number of rotatable bonds is 6. The number of hydrogen-bond donors (Lipinski definition) is 3. The van der Waals surface area contributed by atoms with E-state index >= 15 is 0 Å². The number of fused-ring (bicyclic) bond motifs is 1. The first-order chi connectivity index (χ1) is 10.1. The lowest BCUT2D eigenvalue weighted by Crippen LogP contribution is -2.20. The second-order valence-corrected chi connectivity index (χ2v) is 4.57. The van der Waals surface area contributed by atoms with E-state index in [-0.39, 0.29) is 19.1 Å². The second kappa shape index (κ2) is 6.65. The van der Waals surface area contributed by atoms with Gasteiger partial charge in [0.2, 0.25) is 0 Å². The fraction of sp³-hybridized carbons (Fsp3) is 0.286. The lowest BCUT2D eigenvalue weighted by atomic mass is 9.96. The molecule has 0 saturated heterocycles. The van der Waals surface area contributed by atoms with Crippen LogP contribution in [0.15, 0.2) is 30.5 Å². The molecular formula is C14H17N3O4. The number of para-hydroxylation sites is 1. The van der Waals surface area contributed by atoms with Crippen molar-refractivity contribution >= 4 is 23.1 Å². The third kappa shape index (κ3) is 3.88. The van der Waals surface area contributed by atoms with E-state index < -0.39 is 12.2 Å². The molecule has 0 fully saturated rings. The SMILES string of the molecule is NC(=O)OCCC(COC(N)=O)c1c[nH]c2ccccc12. The third-order valence-corrected chi connectivity index (χ3v) is 3.20. The van der Waals surface area contributed by atoms with Crippen molar-refractivity contribution in [3.8, 4) is 0 Å². The van der Waals surface area contributed by atoms with Gasteiger partial charge in [0.15, 0.2) is 0 Å². The highest BCUT2D eigenvalue weighted by Gasteiger charge is 2.18. The molecule has 1 atom stereocenters. The summed E-state index contributed by atoms with van der Waals surface area (Å²) in [6, 6.07) is 7.76. The summed E-state index contributed by atoms with van der Waals surface area (Å²) in [5.41, 5.74) is 11.9. The van der Waals surface area contributed by atoms with Crippen LogP contribution in [0.2, 0.25) is 0 Å². The van der Waals surface area contributed by atoms with Crippen LogP contribution in [-0.4, -0.2) is 30.4 Å². The number of primary amides is 2. The van der Waals surface area contributed by atoms with Crippen LogP contribution in [-0.2, 0) is 9.47 Å². The van der Waals surface area contributed by atoms with Crippen LogP contribution in [0.25, 0.3) is 10.9 Å². The minimum absolute atomic E-state index is 0.110. The number of benzene rings is 1. The molecule has 0 aliphatic rings. The molecule has 21 heavy (non-hydrogen) atoms. The Morgan fingerprint density at radius 2 is 1.86 bits per heavy atom. The predicted molar refractivity (Wildman–Crippen MR) is 76.7 cm³/mol. The van der Waals surface area contributed by atoms with E-state index in [0.717, 1.165) is 16.5 Å². The predicted octanol–water partition coefficient (Wildman–Crippen LogP) is 1.83. The van der Waals surface area contributed by atoms with Gasteiger partial charge in [-0.2, -0.15) is 0 Å². The molecule has 2 amide bonds. The maximum Gasteiger partial charge on any atom is 0.404 e. The molecule has 0 bridgehead atoms. The van der Waals surface area contributed by atoms with E-state index in [4.69, 9.17) is 20.9 Å². The Labute approximate surface area is 121 Å². The van der Waals surface area contributed by atoms with Crippen LogP contribution in [0.1, 0.15) is 17.9 Å². The van der Waals surface area contributed by atoms with E-state index in [2.05, 4.69) is 4.98 Å². The van der Waals surface area contributed by atoms with E-state index in [1.807, 2.05) is 30.5 Å². The molecule has 2 rings (SSSR count). The number of carbonyl (C=O) groups excluding carboxylic acids is 2. The Balaban J connectivity index is 2.16. The molecule has 0 spiro atoms. The average Bonchev–Trinajstić information content (AvgIpc) is 2.86. The highest BCUT2D eigenvalue weighted by atomic mass is 16.5. The van der Waals surface area contributed by atoms with E-state index in [9.17, 15) is 9.59 Å². The van der Waals surface area contributed by atoms with Crippen LogP contribution in [0.4, 0.5) is 9.59 Å². The van der Waals surface area contributed by atoms with Gasteiger partial charge in [0.1, 0.15) is 6.61 Å². The highest BCUT2D eigenvalue weighted by molar-refractivity contribution is 5.83. The van der Waals surface area contributed by atoms with Crippen molar-refractivity contribution in [2.75, 3.05) is 13.2 Å². The van der Waals surface area contributed by atoms with E-state index in [1.54, 1.807) is 0 Å². The lowest BCUT2D eigenvalue weighted by molar-refractivity contribution is 0.130. The van der Waals surface area contributed by atoms with Crippen LogP contribution in [0, 0.1) is 0 Å². The Hall–Kier alpha value is -2.70. The monoisotopic (exact) mass is 291 g/mol. The normalized spacial score (nSPS) is 12.0. The maximum absolute atomic E-state index is 10.8. The van der Waals surface area contributed by atoms with E-state index in [1.165, 1.54) is 0 Å². The van der Waals surface area contributed by atoms with Crippen molar-refractivity contribution < 1.29 is 19.1 Å². The number of hydrogen-bond acceptors (Lipinski definition) is 4. The Morgan fingerprint density at radius 1 is 1.14 bits per heavy atom. The number of aromatic nitrogens is 1. The first kappa shape index (κ1) is 14.7. The number of carbonyl (C=O) groups is 2. The standard InChI is InChI=1S/C14H17N3O4/c15-13(18)20-6-5-9(8-21-14(16)19)11-7-17-12-4-2-1-3-10(11)12/h1-4,7,9,17H,5-6,8H2,(H2,15,18)(H2,16,19). The zero-order chi connectivity index (χ0) is 15.2. The summed E-state index contributed by atoms with van der Waals surface area (Å²) in [7, 11) is 0. The van der Waals surface area contributed by atoms with Gasteiger partial charge in [-0.1, -0.05) is 18.2 Å². The highest BCUT2D eigenvalue weighted by Crippen LogP contribution is 2.28. The Bertz CT molecular complexity index is 638. The molecule has 5 N–H and O–H groups in total. The molecule has 0 aliphatic carbocycles. The third-order valence-electron chi connectivity index (χ3n) is 3.20. The first-order valence-electron chi connectivity index (χ1n) is 6.48. The summed E-state index contributed by atoms with van der Waals surface area (Å²) in [4.78, 5) is 24.6. The molecule has 1 heterocycles. The second-order valence-electron chi connectivity index (χ2n) is 4.57. The zero-order valence-corrected chi connectivity index (χ0v) is 11.4. The van der Waals surface area contributed by atoms with Crippen LogP contribution in [0.3, 0.4) is 0 Å². The van der Waals surface area contributed by atoms with Crippen molar-refractivity contribution in [2.45, 2.75) is 12.3 Å². The number of amides is 2. The molecule has 0 saturated carbocycles. The molecule has 1 aromatic heterocycles. The summed E-state index contributed by atoms with van der Waals surface area (Å²) in [6.45, 7) is 0.251. The van der Waals surface area contributed by atoms with Gasteiger partial charge in [0.05, 0.1) is 6.61 Å². The first-order valence-corrected chi connectivity index (χ1v) is 6.48. The molecule has 2 aromatic rings. The van der Waals surface area contributed by atoms with Crippen LogP contribution < -0.4 is 11.5 Å². The molecule has 112 valence electrons. The largest absolute Gasteiger partial charge is 0.450 e. The number of aromatic amines is 1. The van der Waals surface area contributed by atoms with Crippen molar-refractivity contribution in [3.63, 3.8) is 0 Å². The van der Waals surface area contributed by atoms with Crippen molar-refractivity contribution in [1.29, 1.82) is 0 Å². The topological polar surface area (TPSA) is 120 Å². The molecule has 1 aromatic carbocycles. The number of H-pyrrole nitrogens is 1. The van der Waals surface area contributed by atoms with Crippen molar-refractivity contribution in [2.24, 2.45) is 11.5 Å². The van der Waals surface area contributed by atoms with Gasteiger partial charge < -0.3 is 25.9 Å². The number of nitrogens with one attached hydrogen (secondary N) is 1. The van der Waals surface area contributed by atoms with Gasteiger partial charge >= 0.3 is 12.2 Å². The molecule has 1 unspecified atom stereocenters. The maximum atomic E-state index is 10.8. The average molecular weight is 291 g/mol. The van der Waals surface area contributed by atoms with Crippen LogP contribution in [0.5, 0.6) is 0 Å². The fourth-order valence-electron chi connectivity index (χ4n) is 2.24. The van der Waals surface area contributed by atoms with Gasteiger partial charge in [-0.05, 0) is 18.1 Å². The fourth-order valence-corrected chi connectivity index (χ4v) is 2.24. The van der Waals surface area contributed by atoms with Gasteiger partial charge in [-0.15, -0.1) is 0 Å². The minimum Gasteiger partial charge on any atom is -0.450 e. The van der Waals surface area contributed by atoms with Crippen LogP contribution >= 0.6 is 0 Å². The molecule has 7 nitrogen and oxygen atoms in total. The summed E-state index contributed by atoms with van der Waals surface area (Å²) in [5, 5.41) is 1.02. The summed E-state index contributed by atoms with van der Waals surface area (Å²) in [5.74, 6) is -0.145. The van der Waals surface area contributed by atoms with E-state index in [0.29, 0.717) is 6.42 Å². The smallest absolute Gasteiger partial charge is 0.404 e. The molecular weight excluding hydrogens is 274 g/mol. The number of ether oxygens (including phenoxy) is 2. The summed E-state index contributed by atoms with van der Waals surface area (Å²) in [6.07, 6.45) is 0.654. The summed E-state index contributed by atoms with van der Waals surface area (Å²) >= 11 is 0. The quantitative estimate of drug-likeness (QED) is 0.751. The molecule has 0 radical (unpaired) electrons. The Kier molecular flexibility index (Phi) is 4.65. The van der Waals surface area contributed by atoms with Gasteiger partial charge in [-0.3, -0.25) is 0 Å². The Morgan fingerprint density at radius 3 is 2.57 bits per heavy atom. The van der Waals surface area contributed by atoms with Crippen molar-refractivity contribution in [1.82, 2.24) is 4.98 Å². The molecule has 0 aliphatic heterocycles. The summed E-state index contributed by atoms with van der Waals surface area (Å²) < 4.78 is 9.63. The number of nitrogens with two attached hydrogens (primary N) is 2. The molecule has 7 heteroatoms. The van der Waals surface area contributed by atoms with Gasteiger partial charge in [0, 0.05) is 23.0 Å². The van der Waals surface area contributed by atoms with Gasteiger partial charge in [0.25, 0.3) is 0 Å². The van der Waals surface area contributed by atoms with Crippen molar-refractivity contribution in [3.05, 3.63) is 36.0 Å². The van der Waals surface area contributed by atoms with Gasteiger partial charge in [-0.25, -0.2) is 9.59 Å². The lowest BCUT2D eigenvalue weighted by Gasteiger charge is -2.15.